The molecule has 0 fully saturated rings. The van der Waals surface area contributed by atoms with Crippen LogP contribution in [0.15, 0.2) is 10.3 Å². The lowest BCUT2D eigenvalue weighted by atomic mass is 10.1. The summed E-state index contributed by atoms with van der Waals surface area (Å²) in [5.41, 5.74) is 0. The Labute approximate surface area is 93.6 Å². The Bertz CT molecular complexity index is 275. The second-order valence-electron chi connectivity index (χ2n) is 2.22. The Balaban J connectivity index is 5.49. The summed E-state index contributed by atoms with van der Waals surface area (Å²) in [6.07, 6.45) is 0. The second-order valence-corrected chi connectivity index (χ2v) is 3.65. The molecule has 0 aliphatic heterocycles. The van der Waals surface area contributed by atoms with Gasteiger partial charge >= 0.3 is 17.2 Å². The van der Waals surface area contributed by atoms with Gasteiger partial charge in [0.1, 0.15) is 4.49 Å². The third-order valence-electron chi connectivity index (χ3n) is 1.19. The van der Waals surface area contributed by atoms with Crippen LogP contribution >= 0.6 is 34.8 Å². The Kier molecular flexibility index (Phi) is 4.21. The highest BCUT2D eigenvalue weighted by atomic mass is 35.5. The van der Waals surface area contributed by atoms with E-state index in [4.69, 9.17) is 0 Å². The normalized spacial score (nSPS) is 14.0. The Morgan fingerprint density at radius 1 is 0.867 bits per heavy atom. The van der Waals surface area contributed by atoms with Gasteiger partial charge in [-0.05, 0) is 11.6 Å². The number of alkyl halides is 7. The molecule has 0 aromatic carbocycles. The summed E-state index contributed by atoms with van der Waals surface area (Å²) in [4.78, 5) is 0. The van der Waals surface area contributed by atoms with Crippen molar-refractivity contribution in [1.82, 2.24) is 0 Å². The van der Waals surface area contributed by atoms with Gasteiger partial charge in [-0.15, -0.1) is 0 Å². The van der Waals surface area contributed by atoms with Crippen molar-refractivity contribution >= 4 is 34.8 Å². The Hall–Kier alpha value is 0.120. The summed E-state index contributed by atoms with van der Waals surface area (Å²) in [6.45, 7) is 0. The lowest BCUT2D eigenvalue weighted by molar-refractivity contribution is -0.269. The minimum atomic E-state index is -6.17. The van der Waals surface area contributed by atoms with Crippen molar-refractivity contribution in [2.24, 2.45) is 0 Å². The van der Waals surface area contributed by atoms with Gasteiger partial charge in [0.25, 0.3) is 0 Å². The molecule has 0 aliphatic carbocycles. The van der Waals surface area contributed by atoms with Crippen LogP contribution in [-0.4, -0.2) is 17.2 Å². The molecule has 0 amide bonds. The van der Waals surface area contributed by atoms with Crippen LogP contribution in [0.3, 0.4) is 0 Å². The molecule has 0 heterocycles. The van der Waals surface area contributed by atoms with Crippen molar-refractivity contribution in [3.8, 4) is 0 Å². The first-order chi connectivity index (χ1) is 6.35. The summed E-state index contributed by atoms with van der Waals surface area (Å²) in [7, 11) is 0. The van der Waals surface area contributed by atoms with Gasteiger partial charge < -0.3 is 0 Å². The molecule has 0 aliphatic rings. The van der Waals surface area contributed by atoms with Gasteiger partial charge in [-0.25, -0.2) is 4.39 Å². The topological polar surface area (TPSA) is 0 Å². The van der Waals surface area contributed by atoms with Crippen LogP contribution < -0.4 is 0 Å². The van der Waals surface area contributed by atoms with Gasteiger partial charge in [0.15, 0.2) is 0 Å². The quantitative estimate of drug-likeness (QED) is 0.523. The monoisotopic (exact) mass is 298 g/mol. The van der Waals surface area contributed by atoms with E-state index < -0.39 is 27.5 Å². The van der Waals surface area contributed by atoms with Gasteiger partial charge in [0.05, 0.1) is 0 Å². The highest BCUT2D eigenvalue weighted by Crippen LogP contribution is 2.52. The molecule has 0 atom stereocenters. The van der Waals surface area contributed by atoms with Crippen LogP contribution in [0.1, 0.15) is 0 Å². The lowest BCUT2D eigenvalue weighted by Gasteiger charge is -2.27. The molecular formula is C5Cl3F7. The van der Waals surface area contributed by atoms with Crippen LogP contribution in [-0.2, 0) is 0 Å². The zero-order valence-corrected chi connectivity index (χ0v) is 8.55. The molecule has 0 radical (unpaired) electrons. The third-order valence-corrected chi connectivity index (χ3v) is 1.76. The van der Waals surface area contributed by atoms with Gasteiger partial charge in [-0.1, -0.05) is 23.2 Å². The lowest BCUT2D eigenvalue weighted by Crippen LogP contribution is -2.51. The predicted octanol–water partition coefficient (Wildman–Crippen LogP) is 4.70. The van der Waals surface area contributed by atoms with Crippen LogP contribution in [0.2, 0.25) is 0 Å². The average Bonchev–Trinajstić information content (AvgIpc) is 2.00. The predicted molar refractivity (Wildman–Crippen MR) is 40.5 cm³/mol. The Morgan fingerprint density at radius 3 is 1.40 bits per heavy atom. The van der Waals surface area contributed by atoms with Crippen molar-refractivity contribution in [3.63, 3.8) is 0 Å². The van der Waals surface area contributed by atoms with E-state index in [9.17, 15) is 30.7 Å². The van der Waals surface area contributed by atoms with Gasteiger partial charge in [-0.2, -0.15) is 26.3 Å². The summed E-state index contributed by atoms with van der Waals surface area (Å²) in [5.74, 6) is -15.2. The molecule has 0 spiro atoms. The SMILES string of the molecule is FC(=C(Cl)Cl)C(F)(F)C(F)(F)C(F)(F)Cl. The zero-order chi connectivity index (χ0) is 12.7. The molecule has 0 unspecified atom stereocenters. The molecule has 0 saturated heterocycles. The van der Waals surface area contributed by atoms with E-state index in [0.717, 1.165) is 0 Å². The van der Waals surface area contributed by atoms with E-state index in [1.807, 2.05) is 0 Å². The highest BCUT2D eigenvalue weighted by molar-refractivity contribution is 6.56. The number of halogens is 10. The molecule has 0 aromatic rings. The number of rotatable bonds is 3. The molecular weight excluding hydrogens is 299 g/mol. The number of allylic oxidation sites excluding steroid dienone is 1. The minimum Gasteiger partial charge on any atom is -0.202 e. The standard InChI is InChI=1S/C5Cl3F7/c6-2(7)1(9)3(10,11)4(12,13)5(8,14)15. The summed E-state index contributed by atoms with van der Waals surface area (Å²) in [5, 5.41) is -5.66. The second kappa shape index (κ2) is 4.18. The summed E-state index contributed by atoms with van der Waals surface area (Å²) in [6, 6.07) is 0. The van der Waals surface area contributed by atoms with Gasteiger partial charge in [-0.3, -0.25) is 0 Å². The van der Waals surface area contributed by atoms with Crippen molar-refractivity contribution in [2.75, 3.05) is 0 Å². The summed E-state index contributed by atoms with van der Waals surface area (Å²) >= 11 is 12.6. The third kappa shape index (κ3) is 2.62. The first-order valence-electron chi connectivity index (χ1n) is 2.89. The fraction of sp³-hybridized carbons (Fsp3) is 0.600. The van der Waals surface area contributed by atoms with E-state index in [1.54, 1.807) is 0 Å². The summed E-state index contributed by atoms with van der Waals surface area (Å²) < 4.78 is 83.6. The smallest absolute Gasteiger partial charge is 0.202 e. The van der Waals surface area contributed by atoms with Crippen LogP contribution in [0, 0.1) is 0 Å². The van der Waals surface area contributed by atoms with E-state index >= 15 is 0 Å². The first kappa shape index (κ1) is 15.1. The highest BCUT2D eigenvalue weighted by Gasteiger charge is 2.73. The maximum absolute atomic E-state index is 12.4. The van der Waals surface area contributed by atoms with E-state index in [2.05, 4.69) is 34.8 Å². The van der Waals surface area contributed by atoms with Crippen molar-refractivity contribution in [3.05, 3.63) is 10.3 Å². The fourth-order valence-electron chi connectivity index (χ4n) is 0.435. The van der Waals surface area contributed by atoms with E-state index in [1.165, 1.54) is 0 Å². The van der Waals surface area contributed by atoms with Gasteiger partial charge in [0.2, 0.25) is 5.83 Å². The van der Waals surface area contributed by atoms with E-state index in [0.29, 0.717) is 0 Å². The van der Waals surface area contributed by atoms with Crippen molar-refractivity contribution in [1.29, 1.82) is 0 Å². The average molecular weight is 299 g/mol. The molecule has 0 saturated carbocycles. The molecule has 15 heavy (non-hydrogen) atoms. The molecule has 90 valence electrons. The Morgan fingerprint density at radius 2 is 1.20 bits per heavy atom. The van der Waals surface area contributed by atoms with Crippen LogP contribution in [0.4, 0.5) is 30.7 Å². The van der Waals surface area contributed by atoms with Gasteiger partial charge in [0, 0.05) is 0 Å². The maximum Gasteiger partial charge on any atom is 0.393 e. The van der Waals surface area contributed by atoms with Crippen LogP contribution in [0.25, 0.3) is 0 Å². The molecule has 0 aromatic heterocycles. The van der Waals surface area contributed by atoms with Crippen molar-refractivity contribution < 1.29 is 30.7 Å². The minimum absolute atomic E-state index is 1.89. The number of hydrogen-bond acceptors (Lipinski definition) is 0. The molecule has 0 rings (SSSR count). The maximum atomic E-state index is 12.4. The van der Waals surface area contributed by atoms with Crippen LogP contribution in [0.5, 0.6) is 0 Å². The van der Waals surface area contributed by atoms with Crippen molar-refractivity contribution in [2.45, 2.75) is 17.2 Å². The fourth-order valence-corrected chi connectivity index (χ4v) is 0.791. The molecule has 0 bridgehead atoms. The largest absolute Gasteiger partial charge is 0.393 e. The first-order valence-corrected chi connectivity index (χ1v) is 4.02. The molecule has 10 heteroatoms. The molecule has 0 N–H and O–H groups in total. The zero-order valence-electron chi connectivity index (χ0n) is 6.28. The van der Waals surface area contributed by atoms with E-state index in [-0.39, 0.29) is 0 Å². The number of hydrogen-bond donors (Lipinski definition) is 0. The molecule has 0 nitrogen and oxygen atoms in total.